The van der Waals surface area contributed by atoms with Crippen LogP contribution in [0.4, 0.5) is 0 Å². The van der Waals surface area contributed by atoms with Crippen molar-refractivity contribution in [3.05, 3.63) is 58.6 Å². The van der Waals surface area contributed by atoms with Gasteiger partial charge in [0.15, 0.2) is 5.75 Å². The molecule has 0 radical (unpaired) electrons. The molecule has 1 aliphatic rings. The van der Waals surface area contributed by atoms with Crippen molar-refractivity contribution in [2.75, 3.05) is 18.8 Å². The maximum absolute atomic E-state index is 11.4. The summed E-state index contributed by atoms with van der Waals surface area (Å²) < 4.78 is 5.27. The smallest absolute Gasteiger partial charge is 0.226 e. The van der Waals surface area contributed by atoms with Crippen LogP contribution in [0.3, 0.4) is 0 Å². The van der Waals surface area contributed by atoms with Crippen molar-refractivity contribution < 1.29 is 9.52 Å². The molecule has 0 amide bonds. The number of aromatic hydroxyl groups is 1. The van der Waals surface area contributed by atoms with Crippen LogP contribution >= 0.6 is 11.8 Å². The highest BCUT2D eigenvalue weighted by Gasteiger charge is 2.23. The van der Waals surface area contributed by atoms with Gasteiger partial charge in [-0.05, 0) is 31.0 Å². The minimum atomic E-state index is -0.378. The Morgan fingerprint density at radius 2 is 2.14 bits per heavy atom. The molecule has 1 aromatic carbocycles. The Labute approximate surface area is 133 Å². The lowest BCUT2D eigenvalue weighted by Gasteiger charge is -2.15. The van der Waals surface area contributed by atoms with Gasteiger partial charge < -0.3 is 9.52 Å². The fraction of sp³-hybridized carbons (Fsp3) is 0.353. The summed E-state index contributed by atoms with van der Waals surface area (Å²) in [5, 5.41) is 9.20. The zero-order valence-electron chi connectivity index (χ0n) is 12.3. The molecule has 2 heterocycles. The fourth-order valence-corrected chi connectivity index (χ4v) is 3.72. The minimum Gasteiger partial charge on any atom is -0.502 e. The normalized spacial score (nSPS) is 18.6. The summed E-state index contributed by atoms with van der Waals surface area (Å²) in [6.07, 6.45) is 2.29. The highest BCUT2D eigenvalue weighted by atomic mass is 32.2. The topological polar surface area (TPSA) is 53.7 Å². The standard InChI is InChI=1S/C17H19NO3S/c19-16-8-14(21-11-17(16)20)10-18-7-6-13(9-18)12-22-15-4-2-1-3-5-15/h1-5,8,11,13,20H,6-7,9-10,12H2. The first-order chi connectivity index (χ1) is 10.7. The van der Waals surface area contributed by atoms with Crippen LogP contribution in [0.25, 0.3) is 0 Å². The third-order valence-electron chi connectivity index (χ3n) is 3.84. The SMILES string of the molecule is O=c1cc(CN2CCC(CSc3ccccc3)C2)occ1O. The van der Waals surface area contributed by atoms with Crippen LogP contribution in [0.1, 0.15) is 12.2 Å². The van der Waals surface area contributed by atoms with E-state index in [1.807, 2.05) is 17.8 Å². The predicted molar refractivity (Wildman–Crippen MR) is 87.2 cm³/mol. The molecular formula is C17H19NO3S. The second-order valence-electron chi connectivity index (χ2n) is 5.61. The van der Waals surface area contributed by atoms with E-state index in [-0.39, 0.29) is 11.2 Å². The van der Waals surface area contributed by atoms with Crippen molar-refractivity contribution in [2.24, 2.45) is 5.92 Å². The third-order valence-corrected chi connectivity index (χ3v) is 5.09. The van der Waals surface area contributed by atoms with Crippen LogP contribution < -0.4 is 5.43 Å². The lowest BCUT2D eigenvalue weighted by Crippen LogP contribution is -2.21. The Morgan fingerprint density at radius 1 is 1.32 bits per heavy atom. The van der Waals surface area contributed by atoms with E-state index in [2.05, 4.69) is 29.2 Å². The van der Waals surface area contributed by atoms with Crippen LogP contribution in [0, 0.1) is 5.92 Å². The van der Waals surface area contributed by atoms with Crippen molar-refractivity contribution in [1.29, 1.82) is 0 Å². The first kappa shape index (κ1) is 15.2. The van der Waals surface area contributed by atoms with Crippen LogP contribution in [-0.4, -0.2) is 28.8 Å². The number of hydrogen-bond donors (Lipinski definition) is 1. The maximum atomic E-state index is 11.4. The fourth-order valence-electron chi connectivity index (χ4n) is 2.67. The monoisotopic (exact) mass is 317 g/mol. The van der Waals surface area contributed by atoms with Crippen molar-refractivity contribution in [1.82, 2.24) is 4.90 Å². The van der Waals surface area contributed by atoms with E-state index in [1.165, 1.54) is 17.4 Å². The third kappa shape index (κ3) is 3.93. The summed E-state index contributed by atoms with van der Waals surface area (Å²) in [6, 6.07) is 11.8. The van der Waals surface area contributed by atoms with Gasteiger partial charge >= 0.3 is 0 Å². The molecular weight excluding hydrogens is 298 g/mol. The van der Waals surface area contributed by atoms with E-state index in [4.69, 9.17) is 4.42 Å². The highest BCUT2D eigenvalue weighted by Crippen LogP contribution is 2.26. The number of benzene rings is 1. The van der Waals surface area contributed by atoms with Gasteiger partial charge in [0.05, 0.1) is 6.54 Å². The molecule has 1 aliphatic heterocycles. The summed E-state index contributed by atoms with van der Waals surface area (Å²) in [5.41, 5.74) is -0.378. The molecule has 1 fully saturated rings. The van der Waals surface area contributed by atoms with Gasteiger partial charge in [-0.3, -0.25) is 9.69 Å². The maximum Gasteiger partial charge on any atom is 0.226 e. The molecule has 0 spiro atoms. The Kier molecular flexibility index (Phi) is 4.85. The van der Waals surface area contributed by atoms with Gasteiger partial charge in [-0.25, -0.2) is 0 Å². The zero-order valence-corrected chi connectivity index (χ0v) is 13.1. The van der Waals surface area contributed by atoms with Gasteiger partial charge in [0.25, 0.3) is 0 Å². The van der Waals surface area contributed by atoms with Crippen LogP contribution in [0.15, 0.2) is 56.8 Å². The summed E-state index contributed by atoms with van der Waals surface area (Å²) in [4.78, 5) is 15.0. The van der Waals surface area contributed by atoms with Crippen LogP contribution in [0.5, 0.6) is 5.75 Å². The van der Waals surface area contributed by atoms with Crippen LogP contribution in [-0.2, 0) is 6.54 Å². The van der Waals surface area contributed by atoms with E-state index in [9.17, 15) is 9.90 Å². The Morgan fingerprint density at radius 3 is 2.91 bits per heavy atom. The molecule has 1 saturated heterocycles. The molecule has 0 bridgehead atoms. The van der Waals surface area contributed by atoms with Crippen molar-refractivity contribution in [3.63, 3.8) is 0 Å². The van der Waals surface area contributed by atoms with E-state index < -0.39 is 0 Å². The summed E-state index contributed by atoms with van der Waals surface area (Å²) in [7, 11) is 0. The summed E-state index contributed by atoms with van der Waals surface area (Å²) in [6.45, 7) is 2.66. The first-order valence-electron chi connectivity index (χ1n) is 7.41. The molecule has 22 heavy (non-hydrogen) atoms. The molecule has 3 rings (SSSR count). The average molecular weight is 317 g/mol. The molecule has 5 heteroatoms. The second kappa shape index (κ2) is 7.03. The van der Waals surface area contributed by atoms with Gasteiger partial charge in [0.2, 0.25) is 5.43 Å². The molecule has 116 valence electrons. The van der Waals surface area contributed by atoms with E-state index in [1.54, 1.807) is 0 Å². The van der Waals surface area contributed by atoms with Gasteiger partial charge in [-0.1, -0.05) is 18.2 Å². The number of nitrogens with zero attached hydrogens (tertiary/aromatic N) is 1. The summed E-state index contributed by atoms with van der Waals surface area (Å²) >= 11 is 1.90. The number of likely N-dealkylation sites (tertiary alicyclic amines) is 1. The Balaban J connectivity index is 1.49. The van der Waals surface area contributed by atoms with E-state index in [0.29, 0.717) is 18.2 Å². The largest absolute Gasteiger partial charge is 0.502 e. The van der Waals surface area contributed by atoms with Gasteiger partial charge in [0.1, 0.15) is 12.0 Å². The predicted octanol–water partition coefficient (Wildman–Crippen LogP) is 2.96. The van der Waals surface area contributed by atoms with E-state index in [0.717, 1.165) is 25.1 Å². The van der Waals surface area contributed by atoms with Gasteiger partial charge in [0, 0.05) is 23.3 Å². The Hall–Kier alpha value is -1.72. The summed E-state index contributed by atoms with van der Waals surface area (Å²) in [5.74, 6) is 2.05. The molecule has 1 unspecified atom stereocenters. The Bertz CT molecular complexity index is 671. The van der Waals surface area contributed by atoms with Crippen LogP contribution in [0.2, 0.25) is 0 Å². The van der Waals surface area contributed by atoms with Crippen molar-refractivity contribution in [3.8, 4) is 5.75 Å². The zero-order chi connectivity index (χ0) is 15.4. The molecule has 0 aliphatic carbocycles. The highest BCUT2D eigenvalue weighted by molar-refractivity contribution is 7.99. The van der Waals surface area contributed by atoms with E-state index >= 15 is 0 Å². The lowest BCUT2D eigenvalue weighted by atomic mass is 10.2. The lowest BCUT2D eigenvalue weighted by molar-refractivity contribution is 0.282. The first-order valence-corrected chi connectivity index (χ1v) is 8.40. The van der Waals surface area contributed by atoms with Gasteiger partial charge in [-0.2, -0.15) is 0 Å². The number of thioether (sulfide) groups is 1. The van der Waals surface area contributed by atoms with Crippen molar-refractivity contribution in [2.45, 2.75) is 17.9 Å². The average Bonchev–Trinajstić information content (AvgIpc) is 2.97. The molecule has 1 N–H and O–H groups in total. The molecule has 1 aromatic heterocycles. The van der Waals surface area contributed by atoms with Crippen molar-refractivity contribution >= 4 is 11.8 Å². The second-order valence-corrected chi connectivity index (χ2v) is 6.70. The number of hydrogen-bond acceptors (Lipinski definition) is 5. The minimum absolute atomic E-state index is 0.331. The van der Waals surface area contributed by atoms with Gasteiger partial charge in [-0.15, -0.1) is 11.8 Å². The molecule has 1 atom stereocenters. The quantitative estimate of drug-likeness (QED) is 0.859. The molecule has 2 aromatic rings. The molecule has 4 nitrogen and oxygen atoms in total. The molecule has 0 saturated carbocycles. The number of rotatable bonds is 5.